The number of likely N-dealkylation sites (tertiary alicyclic amines) is 1. The molecular formula is C15H23NOS. The first-order valence-electron chi connectivity index (χ1n) is 6.93. The predicted molar refractivity (Wildman–Crippen MR) is 78.1 cm³/mol. The van der Waals surface area contributed by atoms with Gasteiger partial charge in [0.1, 0.15) is 0 Å². The number of benzene rings is 1. The largest absolute Gasteiger partial charge is 0.391 e. The Kier molecular flexibility index (Phi) is 6.05. The van der Waals surface area contributed by atoms with Gasteiger partial charge in [-0.3, -0.25) is 0 Å². The van der Waals surface area contributed by atoms with Crippen molar-refractivity contribution >= 4 is 11.8 Å². The molecular weight excluding hydrogens is 242 g/mol. The van der Waals surface area contributed by atoms with Crippen LogP contribution in [-0.4, -0.2) is 41.5 Å². The standard InChI is InChI=1S/C15H23NOS/c17-14(12-16-10-6-1-2-7-11-16)13-18-15-8-4-3-5-9-15/h3-5,8-9,14,17H,1-2,6-7,10-13H2. The van der Waals surface area contributed by atoms with Crippen LogP contribution >= 0.6 is 11.8 Å². The van der Waals surface area contributed by atoms with Crippen LogP contribution in [0.2, 0.25) is 0 Å². The number of nitrogens with zero attached hydrogens (tertiary/aromatic N) is 1. The Balaban J connectivity index is 1.69. The van der Waals surface area contributed by atoms with E-state index in [0.29, 0.717) is 0 Å². The molecule has 2 nitrogen and oxygen atoms in total. The van der Waals surface area contributed by atoms with E-state index >= 15 is 0 Å². The summed E-state index contributed by atoms with van der Waals surface area (Å²) in [5.74, 6) is 0.792. The molecule has 0 amide bonds. The molecule has 2 rings (SSSR count). The SMILES string of the molecule is OC(CSc1ccccc1)CN1CCCCCC1. The zero-order valence-corrected chi connectivity index (χ0v) is 11.7. The highest BCUT2D eigenvalue weighted by molar-refractivity contribution is 7.99. The van der Waals surface area contributed by atoms with E-state index in [1.807, 2.05) is 18.2 Å². The van der Waals surface area contributed by atoms with E-state index in [9.17, 15) is 5.11 Å². The Bertz CT molecular complexity index is 323. The highest BCUT2D eigenvalue weighted by atomic mass is 32.2. The molecule has 3 heteroatoms. The molecule has 1 atom stereocenters. The van der Waals surface area contributed by atoms with Gasteiger partial charge in [-0.25, -0.2) is 0 Å². The van der Waals surface area contributed by atoms with Crippen LogP contribution in [0.4, 0.5) is 0 Å². The third kappa shape index (κ3) is 5.01. The average molecular weight is 265 g/mol. The van der Waals surface area contributed by atoms with Crippen molar-refractivity contribution in [1.29, 1.82) is 0 Å². The van der Waals surface area contributed by atoms with E-state index < -0.39 is 0 Å². The average Bonchev–Trinajstić information content (AvgIpc) is 2.66. The zero-order valence-electron chi connectivity index (χ0n) is 10.9. The highest BCUT2D eigenvalue weighted by Crippen LogP contribution is 2.18. The van der Waals surface area contributed by atoms with Gasteiger partial charge in [-0.05, 0) is 38.1 Å². The topological polar surface area (TPSA) is 23.5 Å². The van der Waals surface area contributed by atoms with Crippen molar-refractivity contribution in [3.05, 3.63) is 30.3 Å². The second kappa shape index (κ2) is 7.82. The van der Waals surface area contributed by atoms with E-state index in [2.05, 4.69) is 17.0 Å². The lowest BCUT2D eigenvalue weighted by molar-refractivity contribution is 0.132. The van der Waals surface area contributed by atoms with Crippen LogP contribution < -0.4 is 0 Å². The molecule has 0 radical (unpaired) electrons. The normalized spacial score (nSPS) is 19.4. The van der Waals surface area contributed by atoms with Crippen molar-refractivity contribution in [2.24, 2.45) is 0 Å². The first-order chi connectivity index (χ1) is 8.84. The second-order valence-electron chi connectivity index (χ2n) is 4.99. The van der Waals surface area contributed by atoms with Gasteiger partial charge in [-0.1, -0.05) is 31.0 Å². The van der Waals surface area contributed by atoms with Crippen LogP contribution in [-0.2, 0) is 0 Å². The van der Waals surface area contributed by atoms with E-state index in [-0.39, 0.29) is 6.10 Å². The molecule has 18 heavy (non-hydrogen) atoms. The van der Waals surface area contributed by atoms with Gasteiger partial charge in [-0.2, -0.15) is 0 Å². The highest BCUT2D eigenvalue weighted by Gasteiger charge is 2.13. The van der Waals surface area contributed by atoms with Crippen LogP contribution in [0.1, 0.15) is 25.7 Å². The Morgan fingerprint density at radius 3 is 2.39 bits per heavy atom. The predicted octanol–water partition coefficient (Wildman–Crippen LogP) is 3.02. The van der Waals surface area contributed by atoms with Crippen molar-refractivity contribution in [3.8, 4) is 0 Å². The third-order valence-corrected chi connectivity index (χ3v) is 4.51. The van der Waals surface area contributed by atoms with E-state index in [1.54, 1.807) is 11.8 Å². The van der Waals surface area contributed by atoms with Crippen molar-refractivity contribution in [1.82, 2.24) is 4.90 Å². The van der Waals surface area contributed by atoms with E-state index in [4.69, 9.17) is 0 Å². The molecule has 0 saturated carbocycles. The van der Waals surface area contributed by atoms with Gasteiger partial charge < -0.3 is 10.0 Å². The van der Waals surface area contributed by atoms with Crippen molar-refractivity contribution in [2.75, 3.05) is 25.4 Å². The monoisotopic (exact) mass is 265 g/mol. The lowest BCUT2D eigenvalue weighted by Crippen LogP contribution is -2.34. The zero-order chi connectivity index (χ0) is 12.6. The van der Waals surface area contributed by atoms with Gasteiger partial charge in [0.2, 0.25) is 0 Å². The number of aliphatic hydroxyl groups excluding tert-OH is 1. The fourth-order valence-electron chi connectivity index (χ4n) is 2.38. The molecule has 1 aliphatic heterocycles. The molecule has 1 N–H and O–H groups in total. The molecule has 0 spiro atoms. The molecule has 0 aliphatic carbocycles. The summed E-state index contributed by atoms with van der Waals surface area (Å²) in [6.45, 7) is 3.15. The lowest BCUT2D eigenvalue weighted by atomic mass is 10.2. The minimum atomic E-state index is -0.215. The fourth-order valence-corrected chi connectivity index (χ4v) is 3.22. The number of hydrogen-bond acceptors (Lipinski definition) is 3. The van der Waals surface area contributed by atoms with Crippen LogP contribution in [0.25, 0.3) is 0 Å². The molecule has 1 heterocycles. The summed E-state index contributed by atoms with van der Waals surface area (Å²) in [4.78, 5) is 3.66. The molecule has 0 bridgehead atoms. The Labute approximate surface area is 114 Å². The summed E-state index contributed by atoms with van der Waals surface area (Å²) in [7, 11) is 0. The molecule has 1 saturated heterocycles. The number of hydrogen-bond donors (Lipinski definition) is 1. The van der Waals surface area contributed by atoms with Gasteiger partial charge in [0.15, 0.2) is 0 Å². The Morgan fingerprint density at radius 2 is 1.72 bits per heavy atom. The molecule has 0 aromatic heterocycles. The molecule has 1 aromatic carbocycles. The summed E-state index contributed by atoms with van der Waals surface area (Å²) >= 11 is 1.75. The smallest absolute Gasteiger partial charge is 0.0760 e. The van der Waals surface area contributed by atoms with Gasteiger partial charge in [0.05, 0.1) is 6.10 Å². The summed E-state index contributed by atoms with van der Waals surface area (Å²) < 4.78 is 0. The van der Waals surface area contributed by atoms with E-state index in [1.165, 1.54) is 30.6 Å². The van der Waals surface area contributed by atoms with Gasteiger partial charge in [0.25, 0.3) is 0 Å². The maximum absolute atomic E-state index is 10.1. The van der Waals surface area contributed by atoms with Crippen molar-refractivity contribution in [2.45, 2.75) is 36.7 Å². The maximum Gasteiger partial charge on any atom is 0.0760 e. The molecule has 1 unspecified atom stereocenters. The minimum Gasteiger partial charge on any atom is -0.391 e. The number of thioether (sulfide) groups is 1. The maximum atomic E-state index is 10.1. The van der Waals surface area contributed by atoms with Crippen molar-refractivity contribution in [3.63, 3.8) is 0 Å². The Morgan fingerprint density at radius 1 is 1.06 bits per heavy atom. The molecule has 1 aromatic rings. The fraction of sp³-hybridized carbons (Fsp3) is 0.600. The van der Waals surface area contributed by atoms with Crippen LogP contribution in [0.15, 0.2) is 35.2 Å². The lowest BCUT2D eigenvalue weighted by Gasteiger charge is -2.22. The molecule has 100 valence electrons. The van der Waals surface area contributed by atoms with Crippen molar-refractivity contribution < 1.29 is 5.11 Å². The summed E-state index contributed by atoms with van der Waals surface area (Å²) in [6.07, 6.45) is 5.07. The second-order valence-corrected chi connectivity index (χ2v) is 6.09. The van der Waals surface area contributed by atoms with E-state index in [0.717, 1.165) is 25.4 Å². The Hall–Kier alpha value is -0.510. The van der Waals surface area contributed by atoms with Gasteiger partial charge in [0, 0.05) is 17.2 Å². The molecule has 1 aliphatic rings. The van der Waals surface area contributed by atoms with Gasteiger partial charge >= 0.3 is 0 Å². The number of β-amino-alcohol motifs (C(OH)–C–C–N with tert-alkyl or cyclic N) is 1. The number of rotatable bonds is 5. The van der Waals surface area contributed by atoms with Crippen LogP contribution in [0.5, 0.6) is 0 Å². The summed E-state index contributed by atoms with van der Waals surface area (Å²) in [6, 6.07) is 10.3. The summed E-state index contributed by atoms with van der Waals surface area (Å²) in [5, 5.41) is 10.1. The summed E-state index contributed by atoms with van der Waals surface area (Å²) in [5.41, 5.74) is 0. The first kappa shape index (κ1) is 13.9. The third-order valence-electron chi connectivity index (χ3n) is 3.35. The van der Waals surface area contributed by atoms with Gasteiger partial charge in [-0.15, -0.1) is 11.8 Å². The van der Waals surface area contributed by atoms with Crippen LogP contribution in [0, 0.1) is 0 Å². The quantitative estimate of drug-likeness (QED) is 0.828. The minimum absolute atomic E-state index is 0.215. The number of aliphatic hydroxyl groups is 1. The first-order valence-corrected chi connectivity index (χ1v) is 7.91. The van der Waals surface area contributed by atoms with Crippen LogP contribution in [0.3, 0.4) is 0 Å². The molecule has 1 fully saturated rings.